The van der Waals surface area contributed by atoms with Gasteiger partial charge in [0, 0.05) is 12.6 Å². The molecule has 0 aromatic heterocycles. The van der Waals surface area contributed by atoms with E-state index in [2.05, 4.69) is 97.0 Å². The van der Waals surface area contributed by atoms with Gasteiger partial charge in [-0.05, 0) is 36.7 Å². The van der Waals surface area contributed by atoms with Crippen LogP contribution >= 0.6 is 0 Å². The Bertz CT molecular complexity index is 740. The molecule has 0 saturated heterocycles. The third kappa shape index (κ3) is 4.94. The Kier molecular flexibility index (Phi) is 7.59. The molecule has 0 heterocycles. The van der Waals surface area contributed by atoms with E-state index in [4.69, 9.17) is 0 Å². The Balaban J connectivity index is 2.14. The predicted molar refractivity (Wildman–Crippen MR) is 121 cm³/mol. The van der Waals surface area contributed by atoms with Crippen molar-refractivity contribution in [3.05, 3.63) is 108 Å². The lowest BCUT2D eigenvalue weighted by Gasteiger charge is -2.40. The van der Waals surface area contributed by atoms with E-state index in [1.54, 1.807) is 0 Å². The molecular formula is C26H32N2O. The second kappa shape index (κ2) is 10.4. The second-order valence-electron chi connectivity index (χ2n) is 7.63. The van der Waals surface area contributed by atoms with Gasteiger partial charge in [0.2, 0.25) is 0 Å². The Labute approximate surface area is 175 Å². The predicted octanol–water partition coefficient (Wildman–Crippen LogP) is 4.27. The molecule has 0 aliphatic carbocycles. The third-order valence-corrected chi connectivity index (χ3v) is 5.40. The minimum absolute atomic E-state index is 0.0717. The largest absolute Gasteiger partial charge is 0.395 e. The first-order chi connectivity index (χ1) is 14.2. The van der Waals surface area contributed by atoms with Gasteiger partial charge in [0.25, 0.3) is 0 Å². The highest BCUT2D eigenvalue weighted by Gasteiger charge is 2.38. The van der Waals surface area contributed by atoms with Crippen LogP contribution in [-0.4, -0.2) is 42.8 Å². The average Bonchev–Trinajstić information content (AvgIpc) is 2.78. The lowest BCUT2D eigenvalue weighted by atomic mass is 9.76. The van der Waals surface area contributed by atoms with Crippen LogP contribution < -0.4 is 5.32 Å². The molecule has 3 heteroatoms. The van der Waals surface area contributed by atoms with Crippen molar-refractivity contribution < 1.29 is 5.11 Å². The van der Waals surface area contributed by atoms with E-state index >= 15 is 0 Å². The first-order valence-corrected chi connectivity index (χ1v) is 10.4. The summed E-state index contributed by atoms with van der Waals surface area (Å²) in [5, 5.41) is 14.1. The molecule has 0 amide bonds. The standard InChI is InChI=1S/C26H32N2O/c1-3-19-28(2)20-25(21-29)27-26(22-13-7-4-8-14-22,23-15-9-5-10-16-23)24-17-11-6-12-18-24/h4-18,25,27,29H,3,19-21H2,1-2H3. The summed E-state index contributed by atoms with van der Waals surface area (Å²) in [5.41, 5.74) is 2.93. The highest BCUT2D eigenvalue weighted by Crippen LogP contribution is 2.37. The van der Waals surface area contributed by atoms with Crippen LogP contribution in [0.3, 0.4) is 0 Å². The average molecular weight is 389 g/mol. The molecule has 0 bridgehead atoms. The number of aliphatic hydroxyl groups is 1. The van der Waals surface area contributed by atoms with Gasteiger partial charge in [-0.25, -0.2) is 0 Å². The number of benzene rings is 3. The fourth-order valence-corrected chi connectivity index (χ4v) is 4.12. The van der Waals surface area contributed by atoms with E-state index in [1.165, 1.54) is 0 Å². The van der Waals surface area contributed by atoms with Gasteiger partial charge in [0.05, 0.1) is 12.1 Å². The Morgan fingerprint density at radius 2 is 1.21 bits per heavy atom. The van der Waals surface area contributed by atoms with Crippen molar-refractivity contribution in [1.29, 1.82) is 0 Å². The van der Waals surface area contributed by atoms with Gasteiger partial charge in [-0.2, -0.15) is 0 Å². The summed E-state index contributed by atoms with van der Waals surface area (Å²) in [6.07, 6.45) is 1.09. The minimum atomic E-state index is -0.551. The Morgan fingerprint density at radius 1 is 0.793 bits per heavy atom. The molecule has 1 unspecified atom stereocenters. The number of nitrogens with zero attached hydrogens (tertiary/aromatic N) is 1. The fraction of sp³-hybridized carbons (Fsp3) is 0.308. The number of hydrogen-bond acceptors (Lipinski definition) is 3. The molecule has 29 heavy (non-hydrogen) atoms. The zero-order valence-corrected chi connectivity index (χ0v) is 17.5. The maximum atomic E-state index is 10.3. The van der Waals surface area contributed by atoms with E-state index in [1.807, 2.05) is 18.2 Å². The number of hydrogen-bond donors (Lipinski definition) is 2. The molecule has 152 valence electrons. The highest BCUT2D eigenvalue weighted by atomic mass is 16.3. The summed E-state index contributed by atoms with van der Waals surface area (Å²) in [6, 6.07) is 31.5. The van der Waals surface area contributed by atoms with Crippen LogP contribution in [0, 0.1) is 0 Å². The molecule has 0 saturated carbocycles. The van der Waals surface area contributed by atoms with Crippen molar-refractivity contribution in [2.24, 2.45) is 0 Å². The zero-order valence-electron chi connectivity index (χ0n) is 17.5. The van der Waals surface area contributed by atoms with E-state index in [0.717, 1.165) is 36.2 Å². The van der Waals surface area contributed by atoms with Gasteiger partial charge < -0.3 is 10.0 Å². The molecule has 3 nitrogen and oxygen atoms in total. The quantitative estimate of drug-likeness (QED) is 0.509. The van der Waals surface area contributed by atoms with Crippen molar-refractivity contribution in [1.82, 2.24) is 10.2 Å². The van der Waals surface area contributed by atoms with E-state index in [0.29, 0.717) is 0 Å². The monoisotopic (exact) mass is 388 g/mol. The number of nitrogens with one attached hydrogen (secondary N) is 1. The molecule has 2 N–H and O–H groups in total. The van der Waals surface area contributed by atoms with Crippen molar-refractivity contribution in [3.8, 4) is 0 Å². The smallest absolute Gasteiger partial charge is 0.0951 e. The van der Waals surface area contributed by atoms with Crippen molar-refractivity contribution in [3.63, 3.8) is 0 Å². The summed E-state index contributed by atoms with van der Waals surface area (Å²) >= 11 is 0. The fourth-order valence-electron chi connectivity index (χ4n) is 4.12. The minimum Gasteiger partial charge on any atom is -0.395 e. The zero-order chi connectivity index (χ0) is 20.5. The SMILES string of the molecule is CCCN(C)CC(CO)NC(c1ccccc1)(c1ccccc1)c1ccccc1. The topological polar surface area (TPSA) is 35.5 Å². The van der Waals surface area contributed by atoms with Crippen LogP contribution in [0.15, 0.2) is 91.0 Å². The number of likely N-dealkylation sites (N-methyl/N-ethyl adjacent to an activating group) is 1. The molecule has 0 spiro atoms. The number of aliphatic hydroxyl groups excluding tert-OH is 1. The van der Waals surface area contributed by atoms with E-state index in [-0.39, 0.29) is 12.6 Å². The first-order valence-electron chi connectivity index (χ1n) is 10.4. The third-order valence-electron chi connectivity index (χ3n) is 5.40. The first kappa shape index (κ1) is 21.3. The van der Waals surface area contributed by atoms with E-state index < -0.39 is 5.54 Å². The Hall–Kier alpha value is -2.46. The van der Waals surface area contributed by atoms with Crippen molar-refractivity contribution >= 4 is 0 Å². The molecular weight excluding hydrogens is 356 g/mol. The molecule has 0 aliphatic rings. The van der Waals surface area contributed by atoms with Gasteiger partial charge in [-0.3, -0.25) is 5.32 Å². The molecule has 0 aliphatic heterocycles. The molecule has 0 radical (unpaired) electrons. The van der Waals surface area contributed by atoms with Crippen LogP contribution in [-0.2, 0) is 5.54 Å². The summed E-state index contributed by atoms with van der Waals surface area (Å²) in [6.45, 7) is 4.04. The second-order valence-corrected chi connectivity index (χ2v) is 7.63. The molecule has 1 atom stereocenters. The van der Waals surface area contributed by atoms with Crippen LogP contribution in [0.25, 0.3) is 0 Å². The van der Waals surface area contributed by atoms with E-state index in [9.17, 15) is 5.11 Å². The summed E-state index contributed by atoms with van der Waals surface area (Å²) < 4.78 is 0. The van der Waals surface area contributed by atoms with Gasteiger partial charge in [-0.1, -0.05) is 97.9 Å². The van der Waals surface area contributed by atoms with Crippen molar-refractivity contribution in [2.45, 2.75) is 24.9 Å². The normalized spacial score (nSPS) is 12.8. The van der Waals surface area contributed by atoms with Crippen LogP contribution in [0.1, 0.15) is 30.0 Å². The molecule has 3 aromatic carbocycles. The summed E-state index contributed by atoms with van der Waals surface area (Å²) in [4.78, 5) is 2.28. The van der Waals surface area contributed by atoms with Gasteiger partial charge >= 0.3 is 0 Å². The lowest BCUT2D eigenvalue weighted by molar-refractivity contribution is 0.181. The molecule has 3 aromatic rings. The summed E-state index contributed by atoms with van der Waals surface area (Å²) in [5.74, 6) is 0. The lowest BCUT2D eigenvalue weighted by Crippen LogP contribution is -2.54. The van der Waals surface area contributed by atoms with Crippen LogP contribution in [0.4, 0.5) is 0 Å². The van der Waals surface area contributed by atoms with Gasteiger partial charge in [0.1, 0.15) is 0 Å². The van der Waals surface area contributed by atoms with Crippen LogP contribution in [0.2, 0.25) is 0 Å². The molecule has 0 fully saturated rings. The Morgan fingerprint density at radius 3 is 1.55 bits per heavy atom. The van der Waals surface area contributed by atoms with Gasteiger partial charge in [-0.15, -0.1) is 0 Å². The molecule has 3 rings (SSSR count). The van der Waals surface area contributed by atoms with Crippen LogP contribution in [0.5, 0.6) is 0 Å². The maximum absolute atomic E-state index is 10.3. The van der Waals surface area contributed by atoms with Crippen molar-refractivity contribution in [2.75, 3.05) is 26.7 Å². The number of rotatable bonds is 10. The maximum Gasteiger partial charge on any atom is 0.0951 e. The highest BCUT2D eigenvalue weighted by molar-refractivity contribution is 5.49. The van der Waals surface area contributed by atoms with Gasteiger partial charge in [0.15, 0.2) is 0 Å². The summed E-state index contributed by atoms with van der Waals surface area (Å²) in [7, 11) is 2.11.